The number of piperazine rings is 1. The fourth-order valence-electron chi connectivity index (χ4n) is 3.39. The molecule has 4 rings (SSSR count). The Morgan fingerprint density at radius 3 is 2.92 bits per heavy atom. The molecule has 2 aromatic heterocycles. The Morgan fingerprint density at radius 1 is 1.42 bits per heavy atom. The predicted molar refractivity (Wildman–Crippen MR) is 98.7 cm³/mol. The molecule has 0 bridgehead atoms. The minimum absolute atomic E-state index is 0.225. The van der Waals surface area contributed by atoms with Gasteiger partial charge in [0.1, 0.15) is 3.70 Å². The van der Waals surface area contributed by atoms with E-state index in [1.165, 1.54) is 12.8 Å². The predicted octanol–water partition coefficient (Wildman–Crippen LogP) is 1.34. The maximum absolute atomic E-state index is 11.6. The fraction of sp³-hybridized carbons (Fsp3) is 0.600. The van der Waals surface area contributed by atoms with E-state index in [1.54, 1.807) is 9.58 Å². The van der Waals surface area contributed by atoms with E-state index in [0.29, 0.717) is 19.6 Å². The lowest BCUT2D eigenvalue weighted by atomic mass is 10.1. The number of nitrogens with two attached hydrogens (primary N) is 1. The molecule has 3 heterocycles. The van der Waals surface area contributed by atoms with Crippen LogP contribution in [0.25, 0.3) is 11.0 Å². The number of rotatable bonds is 3. The summed E-state index contributed by atoms with van der Waals surface area (Å²) in [6.45, 7) is 1.97. The Labute approximate surface area is 153 Å². The van der Waals surface area contributed by atoms with Crippen molar-refractivity contribution < 1.29 is 4.79 Å². The van der Waals surface area contributed by atoms with Gasteiger partial charge in [-0.1, -0.05) is 12.8 Å². The van der Waals surface area contributed by atoms with Crippen LogP contribution in [0.15, 0.2) is 6.20 Å². The number of urea groups is 1. The Kier molecular flexibility index (Phi) is 3.97. The van der Waals surface area contributed by atoms with Crippen LogP contribution in [-0.4, -0.2) is 56.4 Å². The van der Waals surface area contributed by atoms with Gasteiger partial charge < -0.3 is 15.5 Å². The second-order valence-corrected chi connectivity index (χ2v) is 7.65. The minimum atomic E-state index is -0.340. The summed E-state index contributed by atoms with van der Waals surface area (Å²) in [7, 11) is 1.90. The lowest BCUT2D eigenvalue weighted by Gasteiger charge is -2.41. The number of fused-ring (bicyclic) bond motifs is 1. The van der Waals surface area contributed by atoms with Gasteiger partial charge in [0.15, 0.2) is 5.65 Å². The third-order valence-corrected chi connectivity index (χ3v) is 5.67. The minimum Gasteiger partial charge on any atom is -0.351 e. The van der Waals surface area contributed by atoms with Crippen LogP contribution in [0.1, 0.15) is 19.3 Å². The molecular formula is C15H20IN7O. The van der Waals surface area contributed by atoms with Gasteiger partial charge in [-0.05, 0) is 34.9 Å². The number of hydrogen-bond donors (Lipinski definition) is 1. The van der Waals surface area contributed by atoms with Gasteiger partial charge in [-0.25, -0.2) is 14.5 Å². The third kappa shape index (κ3) is 2.89. The molecule has 0 radical (unpaired) electrons. The van der Waals surface area contributed by atoms with Crippen molar-refractivity contribution in [1.82, 2.24) is 24.6 Å². The van der Waals surface area contributed by atoms with Crippen LogP contribution in [-0.2, 0) is 7.05 Å². The lowest BCUT2D eigenvalue weighted by molar-refractivity contribution is 0.191. The van der Waals surface area contributed by atoms with Crippen LogP contribution in [0.4, 0.5) is 10.7 Å². The first-order valence-electron chi connectivity index (χ1n) is 8.19. The highest BCUT2D eigenvalue weighted by Crippen LogP contribution is 2.36. The van der Waals surface area contributed by atoms with E-state index in [4.69, 9.17) is 10.7 Å². The Morgan fingerprint density at radius 2 is 2.21 bits per heavy atom. The number of aromatic nitrogens is 4. The van der Waals surface area contributed by atoms with Gasteiger partial charge in [-0.3, -0.25) is 0 Å². The van der Waals surface area contributed by atoms with E-state index in [2.05, 4.69) is 37.6 Å². The molecule has 8 nitrogen and oxygen atoms in total. The summed E-state index contributed by atoms with van der Waals surface area (Å²) in [5.41, 5.74) is 6.32. The average molecular weight is 441 g/mol. The molecule has 1 atom stereocenters. The smallest absolute Gasteiger partial charge is 0.314 e. The number of aryl methyl sites for hydroxylation is 1. The maximum atomic E-state index is 11.6. The number of nitrogens with zero attached hydrogens (tertiary/aromatic N) is 6. The summed E-state index contributed by atoms with van der Waals surface area (Å²) < 4.78 is 2.70. The zero-order valence-electron chi connectivity index (χ0n) is 13.5. The second kappa shape index (κ2) is 6.01. The van der Waals surface area contributed by atoms with Crippen molar-refractivity contribution in [2.24, 2.45) is 18.7 Å². The SMILES string of the molecule is Cn1nc(I)c2cnc(N3CCN(C(N)=O)CC3CC3CC3)nc21. The molecule has 2 aliphatic rings. The van der Waals surface area contributed by atoms with Crippen molar-refractivity contribution in [3.63, 3.8) is 0 Å². The van der Waals surface area contributed by atoms with E-state index in [-0.39, 0.29) is 12.1 Å². The topological polar surface area (TPSA) is 93.2 Å². The molecule has 2 fully saturated rings. The number of amides is 2. The maximum Gasteiger partial charge on any atom is 0.314 e. The number of carbonyl (C=O) groups excluding carboxylic acids is 1. The highest BCUT2D eigenvalue weighted by molar-refractivity contribution is 14.1. The van der Waals surface area contributed by atoms with Crippen molar-refractivity contribution in [2.45, 2.75) is 25.3 Å². The lowest BCUT2D eigenvalue weighted by Crippen LogP contribution is -2.56. The molecule has 9 heteroatoms. The van der Waals surface area contributed by atoms with Crippen LogP contribution in [0, 0.1) is 9.62 Å². The van der Waals surface area contributed by atoms with Gasteiger partial charge >= 0.3 is 6.03 Å². The molecular weight excluding hydrogens is 421 g/mol. The van der Waals surface area contributed by atoms with Crippen molar-refractivity contribution in [2.75, 3.05) is 24.5 Å². The van der Waals surface area contributed by atoms with E-state index in [0.717, 1.165) is 33.0 Å². The number of primary amides is 1. The molecule has 0 spiro atoms. The number of anilines is 1. The molecule has 128 valence electrons. The first-order chi connectivity index (χ1) is 11.5. The normalized spacial score (nSPS) is 21.5. The standard InChI is InChI=1S/C15H20IN7O/c1-21-13-11(12(16)20-21)7-18-15(19-13)23-5-4-22(14(17)24)8-10(23)6-9-2-3-9/h7,9-10H,2-6,8H2,1H3,(H2,17,24). The van der Waals surface area contributed by atoms with Gasteiger partial charge in [0.25, 0.3) is 0 Å². The molecule has 24 heavy (non-hydrogen) atoms. The van der Waals surface area contributed by atoms with E-state index in [9.17, 15) is 4.79 Å². The van der Waals surface area contributed by atoms with Gasteiger partial charge in [-0.2, -0.15) is 10.1 Å². The molecule has 1 saturated carbocycles. The molecule has 2 N–H and O–H groups in total. The molecule has 1 unspecified atom stereocenters. The van der Waals surface area contributed by atoms with E-state index >= 15 is 0 Å². The van der Waals surface area contributed by atoms with E-state index in [1.807, 2.05) is 13.2 Å². The molecule has 0 aromatic carbocycles. The third-order valence-electron chi connectivity index (χ3n) is 4.88. The van der Waals surface area contributed by atoms with Crippen molar-refractivity contribution in [3.05, 3.63) is 9.90 Å². The molecule has 2 aromatic rings. The summed E-state index contributed by atoms with van der Waals surface area (Å²) in [5.74, 6) is 1.48. The summed E-state index contributed by atoms with van der Waals surface area (Å²) >= 11 is 2.20. The van der Waals surface area contributed by atoms with Gasteiger partial charge in [0, 0.05) is 38.9 Å². The van der Waals surface area contributed by atoms with Gasteiger partial charge in [0.2, 0.25) is 5.95 Å². The number of hydrogen-bond acceptors (Lipinski definition) is 5. The zero-order chi connectivity index (χ0) is 16.8. The number of carbonyl (C=O) groups is 1. The molecule has 2 amide bonds. The molecule has 1 aliphatic carbocycles. The van der Waals surface area contributed by atoms with Crippen LogP contribution in [0.5, 0.6) is 0 Å². The quantitative estimate of drug-likeness (QED) is 0.726. The largest absolute Gasteiger partial charge is 0.351 e. The Hall–Kier alpha value is -1.65. The first kappa shape index (κ1) is 15.9. The molecule has 1 aliphatic heterocycles. The Balaban J connectivity index is 1.65. The zero-order valence-corrected chi connectivity index (χ0v) is 15.7. The van der Waals surface area contributed by atoms with Crippen LogP contribution in [0.3, 0.4) is 0 Å². The van der Waals surface area contributed by atoms with Crippen LogP contribution >= 0.6 is 22.6 Å². The summed E-state index contributed by atoms with van der Waals surface area (Å²) in [6, 6.07) is -0.114. The average Bonchev–Trinajstić information content (AvgIpc) is 3.33. The summed E-state index contributed by atoms with van der Waals surface area (Å²) in [6.07, 6.45) is 5.47. The summed E-state index contributed by atoms with van der Waals surface area (Å²) in [4.78, 5) is 24.8. The molecule has 1 saturated heterocycles. The van der Waals surface area contributed by atoms with Crippen molar-refractivity contribution >= 4 is 45.6 Å². The van der Waals surface area contributed by atoms with Gasteiger partial charge in [0.05, 0.1) is 5.39 Å². The highest BCUT2D eigenvalue weighted by Gasteiger charge is 2.35. The fourth-order valence-corrected chi connectivity index (χ4v) is 4.09. The highest BCUT2D eigenvalue weighted by atomic mass is 127. The number of halogens is 1. The second-order valence-electron chi connectivity index (χ2n) is 6.63. The van der Waals surface area contributed by atoms with Crippen molar-refractivity contribution in [1.29, 1.82) is 0 Å². The van der Waals surface area contributed by atoms with Crippen LogP contribution in [0.2, 0.25) is 0 Å². The Bertz CT molecular complexity index is 787. The first-order valence-corrected chi connectivity index (χ1v) is 9.27. The van der Waals surface area contributed by atoms with Gasteiger partial charge in [-0.15, -0.1) is 0 Å². The van der Waals surface area contributed by atoms with Crippen molar-refractivity contribution in [3.8, 4) is 0 Å². The monoisotopic (exact) mass is 441 g/mol. The van der Waals surface area contributed by atoms with Crippen LogP contribution < -0.4 is 10.6 Å². The van der Waals surface area contributed by atoms with E-state index < -0.39 is 0 Å². The summed E-state index contributed by atoms with van der Waals surface area (Å²) in [5, 5.41) is 5.37.